The van der Waals surface area contributed by atoms with Crippen LogP contribution in [0.2, 0.25) is 0 Å². The van der Waals surface area contributed by atoms with Crippen LogP contribution < -0.4 is 15.8 Å². The van der Waals surface area contributed by atoms with Crippen LogP contribution in [0.1, 0.15) is 0 Å². The molecule has 3 rings (SSSR count). The molecule has 6 heteroatoms. The molecule has 5 nitrogen and oxygen atoms in total. The second-order valence-corrected chi connectivity index (χ2v) is 4.78. The van der Waals surface area contributed by atoms with Crippen LogP contribution in [0.3, 0.4) is 0 Å². The minimum absolute atomic E-state index is 0.0182. The minimum atomic E-state index is -0.590. The number of nitrogens with two attached hydrogens (primary N) is 1. The average molecular weight is 310 g/mol. The molecule has 23 heavy (non-hydrogen) atoms. The van der Waals surface area contributed by atoms with E-state index >= 15 is 0 Å². The molecule has 0 spiro atoms. The number of nitrogen functional groups attached to an aromatic ring is 1. The lowest BCUT2D eigenvalue weighted by atomic mass is 10.1. The Bertz CT molecular complexity index is 824. The summed E-state index contributed by atoms with van der Waals surface area (Å²) >= 11 is 0. The highest BCUT2D eigenvalue weighted by molar-refractivity contribution is 5.72. The topological polar surface area (TPSA) is 73.1 Å². The van der Waals surface area contributed by atoms with Gasteiger partial charge in [-0.2, -0.15) is 4.98 Å². The lowest BCUT2D eigenvalue weighted by molar-refractivity contribution is 0.416. The molecule has 0 amide bonds. The van der Waals surface area contributed by atoms with E-state index in [1.165, 1.54) is 7.11 Å². The number of benzene rings is 2. The Morgan fingerprint density at radius 3 is 2.43 bits per heavy atom. The zero-order valence-corrected chi connectivity index (χ0v) is 12.5. The number of methoxy groups -OCH3 is 1. The molecule has 1 heterocycles. The third-order valence-electron chi connectivity index (χ3n) is 3.27. The minimum Gasteiger partial charge on any atom is -0.496 e. The van der Waals surface area contributed by atoms with Gasteiger partial charge in [-0.1, -0.05) is 30.3 Å². The highest BCUT2D eigenvalue weighted by Gasteiger charge is 2.18. The molecule has 0 aliphatic heterocycles. The number of aromatic nitrogens is 2. The van der Waals surface area contributed by atoms with Crippen molar-refractivity contribution in [3.8, 4) is 17.0 Å². The van der Waals surface area contributed by atoms with Crippen molar-refractivity contribution in [3.63, 3.8) is 0 Å². The molecule has 0 unspecified atom stereocenters. The van der Waals surface area contributed by atoms with Crippen LogP contribution in [0, 0.1) is 5.82 Å². The van der Waals surface area contributed by atoms with Gasteiger partial charge >= 0.3 is 0 Å². The first-order valence-electron chi connectivity index (χ1n) is 6.97. The Labute approximate surface area is 133 Å². The number of anilines is 3. The SMILES string of the molecule is COc1ccccc1-c1nc(N)nc(Nc2ccccc2)c1F. The van der Waals surface area contributed by atoms with E-state index in [0.717, 1.165) is 0 Å². The maximum absolute atomic E-state index is 14.8. The van der Waals surface area contributed by atoms with Gasteiger partial charge in [-0.25, -0.2) is 9.37 Å². The van der Waals surface area contributed by atoms with Crippen LogP contribution in [0.15, 0.2) is 54.6 Å². The molecule has 0 saturated carbocycles. The van der Waals surface area contributed by atoms with Crippen molar-refractivity contribution in [1.82, 2.24) is 9.97 Å². The van der Waals surface area contributed by atoms with Crippen LogP contribution in [0.5, 0.6) is 5.75 Å². The second-order valence-electron chi connectivity index (χ2n) is 4.78. The van der Waals surface area contributed by atoms with Crippen molar-refractivity contribution in [2.45, 2.75) is 0 Å². The van der Waals surface area contributed by atoms with Gasteiger partial charge in [-0.3, -0.25) is 0 Å². The van der Waals surface area contributed by atoms with Crippen LogP contribution in [-0.4, -0.2) is 17.1 Å². The lowest BCUT2D eigenvalue weighted by Gasteiger charge is -2.12. The van der Waals surface area contributed by atoms with Crippen molar-refractivity contribution in [1.29, 1.82) is 0 Å². The molecule has 0 atom stereocenters. The predicted molar refractivity (Wildman–Crippen MR) is 88.1 cm³/mol. The van der Waals surface area contributed by atoms with E-state index in [1.54, 1.807) is 36.4 Å². The third-order valence-corrected chi connectivity index (χ3v) is 3.27. The number of ether oxygens (including phenoxy) is 1. The zero-order chi connectivity index (χ0) is 16.2. The van der Waals surface area contributed by atoms with E-state index in [2.05, 4.69) is 15.3 Å². The van der Waals surface area contributed by atoms with E-state index in [1.807, 2.05) is 18.2 Å². The number of para-hydroxylation sites is 2. The van der Waals surface area contributed by atoms with E-state index in [4.69, 9.17) is 10.5 Å². The summed E-state index contributed by atoms with van der Waals surface area (Å²) in [7, 11) is 1.52. The first kappa shape index (κ1) is 14.8. The zero-order valence-electron chi connectivity index (χ0n) is 12.5. The number of nitrogens with one attached hydrogen (secondary N) is 1. The van der Waals surface area contributed by atoms with Crippen molar-refractivity contribution in [2.75, 3.05) is 18.2 Å². The molecule has 0 saturated heterocycles. The van der Waals surface area contributed by atoms with Gasteiger partial charge in [0.2, 0.25) is 5.95 Å². The smallest absolute Gasteiger partial charge is 0.222 e. The molecule has 116 valence electrons. The molecule has 0 fully saturated rings. The molecule has 2 aromatic carbocycles. The number of hydrogen-bond donors (Lipinski definition) is 2. The fourth-order valence-electron chi connectivity index (χ4n) is 2.22. The number of hydrogen-bond acceptors (Lipinski definition) is 5. The molecule has 0 aliphatic rings. The summed E-state index contributed by atoms with van der Waals surface area (Å²) in [6.45, 7) is 0. The van der Waals surface area contributed by atoms with Crippen LogP contribution >= 0.6 is 0 Å². The van der Waals surface area contributed by atoms with Crippen molar-refractivity contribution in [3.05, 3.63) is 60.4 Å². The Morgan fingerprint density at radius 2 is 1.70 bits per heavy atom. The van der Waals surface area contributed by atoms with Gasteiger partial charge in [0.1, 0.15) is 11.4 Å². The van der Waals surface area contributed by atoms with Gasteiger partial charge in [0.25, 0.3) is 0 Å². The fourth-order valence-corrected chi connectivity index (χ4v) is 2.22. The Hall–Kier alpha value is -3.15. The Balaban J connectivity index is 2.09. The van der Waals surface area contributed by atoms with Crippen molar-refractivity contribution in [2.24, 2.45) is 0 Å². The van der Waals surface area contributed by atoms with Gasteiger partial charge in [-0.15, -0.1) is 0 Å². The van der Waals surface area contributed by atoms with Gasteiger partial charge in [-0.05, 0) is 24.3 Å². The molecule has 1 aromatic heterocycles. The monoisotopic (exact) mass is 310 g/mol. The first-order chi connectivity index (χ1) is 11.2. The maximum Gasteiger partial charge on any atom is 0.222 e. The van der Waals surface area contributed by atoms with Crippen LogP contribution in [-0.2, 0) is 0 Å². The maximum atomic E-state index is 14.8. The van der Waals surface area contributed by atoms with Crippen molar-refractivity contribution < 1.29 is 9.13 Å². The largest absolute Gasteiger partial charge is 0.496 e. The lowest BCUT2D eigenvalue weighted by Crippen LogP contribution is -2.06. The van der Waals surface area contributed by atoms with Gasteiger partial charge in [0.15, 0.2) is 11.6 Å². The Morgan fingerprint density at radius 1 is 1.00 bits per heavy atom. The predicted octanol–water partition coefficient (Wildman–Crippen LogP) is 3.62. The molecular weight excluding hydrogens is 295 g/mol. The molecule has 0 radical (unpaired) electrons. The summed E-state index contributed by atoms with van der Waals surface area (Å²) in [5.74, 6) is -0.0851. The first-order valence-corrected chi connectivity index (χ1v) is 6.97. The normalized spacial score (nSPS) is 10.3. The summed E-state index contributed by atoms with van der Waals surface area (Å²) in [6.07, 6.45) is 0. The molecular formula is C17H15FN4O. The molecule has 3 N–H and O–H groups in total. The number of halogens is 1. The number of nitrogens with zero attached hydrogens (tertiary/aromatic N) is 2. The van der Waals surface area contributed by atoms with Crippen LogP contribution in [0.25, 0.3) is 11.3 Å². The van der Waals surface area contributed by atoms with Gasteiger partial charge in [0.05, 0.1) is 7.11 Å². The summed E-state index contributed by atoms with van der Waals surface area (Å²) in [6, 6.07) is 16.2. The van der Waals surface area contributed by atoms with E-state index in [9.17, 15) is 4.39 Å². The second kappa shape index (κ2) is 6.31. The highest BCUT2D eigenvalue weighted by atomic mass is 19.1. The highest BCUT2D eigenvalue weighted by Crippen LogP contribution is 2.33. The summed E-state index contributed by atoms with van der Waals surface area (Å²) < 4.78 is 20.1. The molecule has 0 bridgehead atoms. The van der Waals surface area contributed by atoms with Gasteiger partial charge < -0.3 is 15.8 Å². The fraction of sp³-hybridized carbons (Fsp3) is 0.0588. The third kappa shape index (κ3) is 3.06. The quantitative estimate of drug-likeness (QED) is 0.770. The van der Waals surface area contributed by atoms with E-state index < -0.39 is 5.82 Å². The summed E-state index contributed by atoms with van der Waals surface area (Å²) in [4.78, 5) is 7.97. The Kier molecular flexibility index (Phi) is 4.05. The summed E-state index contributed by atoms with van der Waals surface area (Å²) in [5, 5.41) is 2.91. The van der Waals surface area contributed by atoms with Crippen molar-refractivity contribution >= 4 is 17.5 Å². The average Bonchev–Trinajstić information content (AvgIpc) is 2.58. The van der Waals surface area contributed by atoms with E-state index in [0.29, 0.717) is 17.0 Å². The van der Waals surface area contributed by atoms with Crippen LogP contribution in [0.4, 0.5) is 21.8 Å². The summed E-state index contributed by atoms with van der Waals surface area (Å²) in [5.41, 5.74) is 7.05. The van der Waals surface area contributed by atoms with E-state index in [-0.39, 0.29) is 17.5 Å². The standard InChI is InChI=1S/C17H15FN4O/c1-23-13-10-6-5-9-12(13)15-14(18)16(22-17(19)21-15)20-11-7-3-2-4-8-11/h2-10H,1H3,(H3,19,20,21,22). The van der Waals surface area contributed by atoms with Gasteiger partial charge in [0, 0.05) is 11.3 Å². The molecule has 0 aliphatic carbocycles. The number of rotatable bonds is 4. The molecule has 3 aromatic rings.